The zero-order valence-corrected chi connectivity index (χ0v) is 11.6. The second-order valence-corrected chi connectivity index (χ2v) is 6.68. The lowest BCUT2D eigenvalue weighted by Crippen LogP contribution is -2.27. The summed E-state index contributed by atoms with van der Waals surface area (Å²) in [6.07, 6.45) is 2.32. The van der Waals surface area contributed by atoms with Crippen LogP contribution in [0.1, 0.15) is 38.3 Å². The van der Waals surface area contributed by atoms with E-state index in [9.17, 15) is 0 Å². The normalized spacial score (nSPS) is 13.5. The van der Waals surface area contributed by atoms with Crippen molar-refractivity contribution >= 4 is 33.9 Å². The van der Waals surface area contributed by atoms with Crippen molar-refractivity contribution in [3.63, 3.8) is 0 Å². The molecule has 0 saturated heterocycles. The fourth-order valence-electron chi connectivity index (χ4n) is 1.35. The summed E-state index contributed by atoms with van der Waals surface area (Å²) in [5, 5.41) is 2.19. The van der Waals surface area contributed by atoms with E-state index >= 15 is 0 Å². The summed E-state index contributed by atoms with van der Waals surface area (Å²) >= 11 is 4.12. The van der Waals surface area contributed by atoms with Crippen molar-refractivity contribution < 1.29 is 0 Å². The van der Waals surface area contributed by atoms with Gasteiger partial charge in [0, 0.05) is 6.04 Å². The van der Waals surface area contributed by atoms with Crippen LogP contribution in [0.4, 0.5) is 0 Å². The van der Waals surface area contributed by atoms with Gasteiger partial charge in [-0.15, -0.1) is 11.3 Å². The molecule has 0 bridgehead atoms. The first-order chi connectivity index (χ1) is 6.63. The predicted molar refractivity (Wildman–Crippen MR) is 71.2 cm³/mol. The molecule has 1 aromatic heterocycles. The largest absolute Gasteiger partial charge is 0.271 e. The fourth-order valence-corrected chi connectivity index (χ4v) is 2.78. The van der Waals surface area contributed by atoms with Crippen LogP contribution < -0.4 is 11.3 Å². The van der Waals surface area contributed by atoms with Gasteiger partial charge in [0.05, 0.1) is 2.88 Å². The van der Waals surface area contributed by atoms with Gasteiger partial charge in [0.15, 0.2) is 0 Å². The highest BCUT2D eigenvalue weighted by Gasteiger charge is 2.11. The fraction of sp³-hybridized carbons (Fsp3) is 0.600. The van der Waals surface area contributed by atoms with Crippen LogP contribution in [0.2, 0.25) is 0 Å². The molecule has 0 radical (unpaired) electrons. The predicted octanol–water partition coefficient (Wildman–Crippen LogP) is 3.29. The number of rotatable bonds is 5. The summed E-state index contributed by atoms with van der Waals surface area (Å²) in [7, 11) is 0. The summed E-state index contributed by atoms with van der Waals surface area (Å²) in [6, 6.07) is 2.52. The lowest BCUT2D eigenvalue weighted by Gasteiger charge is -2.15. The van der Waals surface area contributed by atoms with E-state index in [2.05, 4.69) is 53.3 Å². The van der Waals surface area contributed by atoms with E-state index in [-0.39, 0.29) is 0 Å². The van der Waals surface area contributed by atoms with Crippen molar-refractivity contribution in [2.75, 3.05) is 0 Å². The van der Waals surface area contributed by atoms with Crippen molar-refractivity contribution in [2.24, 2.45) is 11.8 Å². The van der Waals surface area contributed by atoms with Crippen LogP contribution in [-0.4, -0.2) is 0 Å². The molecule has 2 nitrogen and oxygen atoms in total. The molecule has 1 heterocycles. The van der Waals surface area contributed by atoms with Gasteiger partial charge in [0.25, 0.3) is 0 Å². The molecule has 80 valence electrons. The van der Waals surface area contributed by atoms with Gasteiger partial charge in [-0.25, -0.2) is 0 Å². The molecule has 0 spiro atoms. The minimum Gasteiger partial charge on any atom is -0.271 e. The molecule has 0 saturated carbocycles. The molecule has 14 heavy (non-hydrogen) atoms. The van der Waals surface area contributed by atoms with Crippen LogP contribution in [0, 0.1) is 8.80 Å². The number of halogens is 1. The van der Waals surface area contributed by atoms with E-state index in [1.807, 2.05) is 0 Å². The van der Waals surface area contributed by atoms with E-state index in [1.165, 1.54) is 14.9 Å². The van der Waals surface area contributed by atoms with Crippen molar-refractivity contribution in [1.82, 2.24) is 5.43 Å². The van der Waals surface area contributed by atoms with Crippen LogP contribution >= 0.6 is 33.9 Å². The molecule has 0 aliphatic carbocycles. The SMILES string of the molecule is CC(C)CCC(NN)c1csc(I)c1. The number of nitrogens with one attached hydrogen (secondary N) is 1. The van der Waals surface area contributed by atoms with Gasteiger partial charge in [-0.3, -0.25) is 11.3 Å². The summed E-state index contributed by atoms with van der Waals surface area (Å²) in [6.45, 7) is 4.48. The molecular formula is C10H17IN2S. The maximum Gasteiger partial charge on any atom is 0.0656 e. The summed E-state index contributed by atoms with van der Waals surface area (Å²) in [5.41, 5.74) is 4.21. The molecule has 0 fully saturated rings. The van der Waals surface area contributed by atoms with Gasteiger partial charge >= 0.3 is 0 Å². The number of nitrogens with two attached hydrogens (primary N) is 1. The van der Waals surface area contributed by atoms with Crippen molar-refractivity contribution in [3.05, 3.63) is 19.9 Å². The Morgan fingerprint density at radius 1 is 1.50 bits per heavy atom. The van der Waals surface area contributed by atoms with Crippen LogP contribution in [0.5, 0.6) is 0 Å². The van der Waals surface area contributed by atoms with Gasteiger partial charge in [-0.05, 0) is 58.4 Å². The molecule has 1 aromatic rings. The first-order valence-electron chi connectivity index (χ1n) is 4.83. The Hall–Kier alpha value is 0.350. The van der Waals surface area contributed by atoms with E-state index in [0.29, 0.717) is 6.04 Å². The molecule has 1 rings (SSSR count). The highest BCUT2D eigenvalue weighted by atomic mass is 127. The Balaban J connectivity index is 2.54. The Labute approximate surface area is 103 Å². The first-order valence-corrected chi connectivity index (χ1v) is 6.79. The van der Waals surface area contributed by atoms with Crippen molar-refractivity contribution in [3.8, 4) is 0 Å². The van der Waals surface area contributed by atoms with Crippen LogP contribution in [-0.2, 0) is 0 Å². The van der Waals surface area contributed by atoms with E-state index in [0.717, 1.165) is 12.3 Å². The van der Waals surface area contributed by atoms with E-state index in [4.69, 9.17) is 5.84 Å². The molecule has 0 aliphatic heterocycles. The molecule has 0 amide bonds. The van der Waals surface area contributed by atoms with Crippen molar-refractivity contribution in [1.29, 1.82) is 0 Å². The molecule has 0 aliphatic rings. The minimum atomic E-state index is 0.317. The van der Waals surface area contributed by atoms with Crippen molar-refractivity contribution in [2.45, 2.75) is 32.7 Å². The average Bonchev–Trinajstić information content (AvgIpc) is 2.53. The van der Waals surface area contributed by atoms with Gasteiger partial charge in [0.2, 0.25) is 0 Å². The standard InChI is InChI=1S/C10H17IN2S/c1-7(2)3-4-9(13-12)8-5-10(11)14-6-8/h5-7,9,13H,3-4,12H2,1-2H3. The summed E-state index contributed by atoms with van der Waals surface area (Å²) < 4.78 is 1.32. The monoisotopic (exact) mass is 324 g/mol. The van der Waals surface area contributed by atoms with Gasteiger partial charge in [-0.2, -0.15) is 0 Å². The number of hydrogen-bond acceptors (Lipinski definition) is 3. The zero-order chi connectivity index (χ0) is 10.6. The molecule has 4 heteroatoms. The van der Waals surface area contributed by atoms with Gasteiger partial charge < -0.3 is 0 Å². The topological polar surface area (TPSA) is 38.0 Å². The lowest BCUT2D eigenvalue weighted by molar-refractivity contribution is 0.449. The molecule has 1 atom stereocenters. The second-order valence-electron chi connectivity index (χ2n) is 3.87. The maximum absolute atomic E-state index is 5.55. The zero-order valence-electron chi connectivity index (χ0n) is 8.59. The highest BCUT2D eigenvalue weighted by molar-refractivity contribution is 14.1. The third-order valence-electron chi connectivity index (χ3n) is 2.22. The maximum atomic E-state index is 5.55. The Morgan fingerprint density at radius 2 is 2.21 bits per heavy atom. The van der Waals surface area contributed by atoms with Crippen LogP contribution in [0.25, 0.3) is 0 Å². The lowest BCUT2D eigenvalue weighted by atomic mass is 10.0. The van der Waals surface area contributed by atoms with Gasteiger partial charge in [-0.1, -0.05) is 13.8 Å². The van der Waals surface area contributed by atoms with Crippen LogP contribution in [0.15, 0.2) is 11.4 Å². The Morgan fingerprint density at radius 3 is 2.64 bits per heavy atom. The molecule has 1 unspecified atom stereocenters. The Bertz CT molecular complexity index is 273. The molecule has 0 aromatic carbocycles. The van der Waals surface area contributed by atoms with E-state index in [1.54, 1.807) is 11.3 Å². The second kappa shape index (κ2) is 6.05. The van der Waals surface area contributed by atoms with Crippen LogP contribution in [0.3, 0.4) is 0 Å². The third-order valence-corrected chi connectivity index (χ3v) is 4.03. The number of hydrogen-bond donors (Lipinski definition) is 2. The molecule has 3 N–H and O–H groups in total. The average molecular weight is 324 g/mol. The number of hydrazine groups is 1. The minimum absolute atomic E-state index is 0.317. The Kier molecular flexibility index (Phi) is 5.36. The quantitative estimate of drug-likeness (QED) is 0.495. The summed E-state index contributed by atoms with van der Waals surface area (Å²) in [4.78, 5) is 0. The summed E-state index contributed by atoms with van der Waals surface area (Å²) in [5.74, 6) is 6.29. The first kappa shape index (κ1) is 12.4. The molecular weight excluding hydrogens is 307 g/mol. The van der Waals surface area contributed by atoms with E-state index < -0.39 is 0 Å². The van der Waals surface area contributed by atoms with Gasteiger partial charge in [0.1, 0.15) is 0 Å². The number of thiophene rings is 1. The highest BCUT2D eigenvalue weighted by Crippen LogP contribution is 2.25. The smallest absolute Gasteiger partial charge is 0.0656 e. The third kappa shape index (κ3) is 3.84.